The molecule has 1 aromatic carbocycles. The molecule has 0 saturated carbocycles. The molecule has 0 radical (unpaired) electrons. The van der Waals surface area contributed by atoms with Crippen LogP contribution < -0.4 is 0 Å². The molecule has 1 aliphatic rings. The molecular weight excluding hydrogens is 280 g/mol. The Morgan fingerprint density at radius 3 is 2.58 bits per heavy atom. The Kier molecular flexibility index (Phi) is 2.37. The third kappa shape index (κ3) is 1.38. The highest BCUT2D eigenvalue weighted by molar-refractivity contribution is 9.28. The molecule has 1 aromatic rings. The van der Waals surface area contributed by atoms with Crippen LogP contribution in [-0.2, 0) is 6.42 Å². The molecule has 2 heteroatoms. The predicted molar refractivity (Wildman–Crippen MR) is 59.5 cm³/mol. The second kappa shape index (κ2) is 3.35. The fraction of sp³-hybridized carbons (Fsp3) is 0.200. The van der Waals surface area contributed by atoms with Crippen molar-refractivity contribution >= 4 is 37.4 Å². The third-order valence-corrected chi connectivity index (χ3v) is 3.17. The lowest BCUT2D eigenvalue weighted by Crippen LogP contribution is -1.78. The van der Waals surface area contributed by atoms with E-state index in [-0.39, 0.29) is 0 Å². The minimum Gasteiger partial charge on any atom is -0.0620 e. The van der Waals surface area contributed by atoms with Crippen LogP contribution in [0.25, 0.3) is 5.57 Å². The van der Waals surface area contributed by atoms with Gasteiger partial charge in [0, 0.05) is 0 Å². The topological polar surface area (TPSA) is 0 Å². The van der Waals surface area contributed by atoms with Gasteiger partial charge in [-0.3, -0.25) is 0 Å². The van der Waals surface area contributed by atoms with Crippen molar-refractivity contribution in [1.29, 1.82) is 0 Å². The van der Waals surface area contributed by atoms with E-state index < -0.39 is 0 Å². The van der Waals surface area contributed by atoms with E-state index in [1.165, 1.54) is 23.1 Å². The summed E-state index contributed by atoms with van der Waals surface area (Å²) in [6, 6.07) is 8.57. The molecule has 0 amide bonds. The molecule has 12 heavy (non-hydrogen) atoms. The highest BCUT2D eigenvalue weighted by Crippen LogP contribution is 2.38. The Hall–Kier alpha value is -0.0800. The van der Waals surface area contributed by atoms with Gasteiger partial charge in [-0.15, -0.1) is 0 Å². The van der Waals surface area contributed by atoms with Crippen LogP contribution in [0.5, 0.6) is 0 Å². The number of aryl methyl sites for hydroxylation is 1. The first-order valence-corrected chi connectivity index (χ1v) is 5.50. The van der Waals surface area contributed by atoms with Gasteiger partial charge < -0.3 is 0 Å². The van der Waals surface area contributed by atoms with Crippen LogP contribution in [0, 0.1) is 0 Å². The van der Waals surface area contributed by atoms with Gasteiger partial charge in [0.15, 0.2) is 0 Å². The van der Waals surface area contributed by atoms with Gasteiger partial charge in [0.1, 0.15) is 0 Å². The summed E-state index contributed by atoms with van der Waals surface area (Å²) in [5.74, 6) is 0. The lowest BCUT2D eigenvalue weighted by atomic mass is 10.1. The van der Waals surface area contributed by atoms with Crippen molar-refractivity contribution in [3.05, 3.63) is 38.8 Å². The summed E-state index contributed by atoms with van der Waals surface area (Å²) < 4.78 is 1.10. The monoisotopic (exact) mass is 286 g/mol. The number of rotatable bonds is 0. The van der Waals surface area contributed by atoms with E-state index in [1.54, 1.807) is 0 Å². The van der Waals surface area contributed by atoms with Crippen molar-refractivity contribution in [3.8, 4) is 0 Å². The molecule has 0 atom stereocenters. The Morgan fingerprint density at radius 2 is 1.83 bits per heavy atom. The van der Waals surface area contributed by atoms with E-state index >= 15 is 0 Å². The van der Waals surface area contributed by atoms with Crippen LogP contribution in [0.4, 0.5) is 0 Å². The summed E-state index contributed by atoms with van der Waals surface area (Å²) >= 11 is 6.93. The number of hydrogen-bond donors (Lipinski definition) is 0. The van der Waals surface area contributed by atoms with Gasteiger partial charge in [0.05, 0.1) is 3.39 Å². The van der Waals surface area contributed by atoms with Gasteiger partial charge >= 0.3 is 0 Å². The van der Waals surface area contributed by atoms with Gasteiger partial charge in [-0.25, -0.2) is 0 Å². The summed E-state index contributed by atoms with van der Waals surface area (Å²) in [4.78, 5) is 0. The largest absolute Gasteiger partial charge is 0.0642 e. The van der Waals surface area contributed by atoms with E-state index in [4.69, 9.17) is 0 Å². The maximum absolute atomic E-state index is 3.47. The van der Waals surface area contributed by atoms with Gasteiger partial charge in [0.25, 0.3) is 0 Å². The lowest BCUT2D eigenvalue weighted by molar-refractivity contribution is 1.08. The van der Waals surface area contributed by atoms with Crippen LogP contribution in [-0.4, -0.2) is 0 Å². The standard InChI is InChI=1S/C10H8Br2/c11-10(12)9-6-5-7-3-1-2-4-8(7)9/h1-4H,5-6H2. The smallest absolute Gasteiger partial charge is 0.0620 e. The molecule has 0 heterocycles. The molecule has 2 rings (SSSR count). The summed E-state index contributed by atoms with van der Waals surface area (Å²) in [7, 11) is 0. The average Bonchev–Trinajstić information content (AvgIpc) is 2.47. The average molecular weight is 288 g/mol. The summed E-state index contributed by atoms with van der Waals surface area (Å²) in [6.45, 7) is 0. The molecule has 0 nitrogen and oxygen atoms in total. The molecule has 0 bridgehead atoms. The molecule has 0 saturated heterocycles. The highest BCUT2D eigenvalue weighted by atomic mass is 79.9. The zero-order valence-electron chi connectivity index (χ0n) is 6.48. The Balaban J connectivity index is 2.57. The third-order valence-electron chi connectivity index (χ3n) is 2.21. The normalized spacial score (nSPS) is 14.7. The number of benzene rings is 1. The SMILES string of the molecule is BrC(Br)=C1CCc2ccccc21. The van der Waals surface area contributed by atoms with E-state index in [0.29, 0.717) is 0 Å². The van der Waals surface area contributed by atoms with Gasteiger partial charge in [-0.1, -0.05) is 24.3 Å². The zero-order valence-corrected chi connectivity index (χ0v) is 9.65. The molecule has 0 aliphatic heterocycles. The van der Waals surface area contributed by atoms with Crippen molar-refractivity contribution in [3.63, 3.8) is 0 Å². The van der Waals surface area contributed by atoms with Crippen LogP contribution in [0.1, 0.15) is 17.5 Å². The minimum absolute atomic E-state index is 1.10. The predicted octanol–water partition coefficient (Wildman–Crippen LogP) is 4.09. The van der Waals surface area contributed by atoms with E-state index in [1.807, 2.05) is 0 Å². The lowest BCUT2D eigenvalue weighted by Gasteiger charge is -1.99. The fourth-order valence-electron chi connectivity index (χ4n) is 1.62. The molecule has 62 valence electrons. The second-order valence-corrected chi connectivity index (χ2v) is 5.55. The van der Waals surface area contributed by atoms with Crippen molar-refractivity contribution in [2.75, 3.05) is 0 Å². The molecule has 0 aromatic heterocycles. The first-order chi connectivity index (χ1) is 5.79. The highest BCUT2D eigenvalue weighted by Gasteiger charge is 2.16. The van der Waals surface area contributed by atoms with E-state index in [0.717, 1.165) is 9.81 Å². The van der Waals surface area contributed by atoms with E-state index in [2.05, 4.69) is 56.1 Å². The zero-order chi connectivity index (χ0) is 8.55. The van der Waals surface area contributed by atoms with Gasteiger partial charge in [-0.2, -0.15) is 0 Å². The quantitative estimate of drug-likeness (QED) is 0.674. The molecule has 0 unspecified atom stereocenters. The van der Waals surface area contributed by atoms with Crippen molar-refractivity contribution in [2.24, 2.45) is 0 Å². The minimum atomic E-state index is 1.10. The van der Waals surface area contributed by atoms with Gasteiger partial charge in [-0.05, 0) is 61.4 Å². The van der Waals surface area contributed by atoms with Crippen LogP contribution in [0.2, 0.25) is 0 Å². The molecule has 0 fully saturated rings. The first kappa shape index (κ1) is 8.52. The Bertz CT molecular complexity index is 335. The summed E-state index contributed by atoms with van der Waals surface area (Å²) in [5.41, 5.74) is 4.25. The number of hydrogen-bond acceptors (Lipinski definition) is 0. The van der Waals surface area contributed by atoms with Crippen molar-refractivity contribution in [2.45, 2.75) is 12.8 Å². The summed E-state index contributed by atoms with van der Waals surface area (Å²) in [5, 5.41) is 0. The second-order valence-electron chi connectivity index (χ2n) is 2.90. The Labute approximate surface area is 88.9 Å². The van der Waals surface area contributed by atoms with Crippen molar-refractivity contribution < 1.29 is 0 Å². The first-order valence-electron chi connectivity index (χ1n) is 3.91. The molecule has 0 spiro atoms. The van der Waals surface area contributed by atoms with E-state index in [9.17, 15) is 0 Å². The number of fused-ring (bicyclic) bond motifs is 1. The van der Waals surface area contributed by atoms with Crippen LogP contribution in [0.15, 0.2) is 27.7 Å². The Morgan fingerprint density at radius 1 is 1.08 bits per heavy atom. The molecule has 0 N–H and O–H groups in total. The van der Waals surface area contributed by atoms with Gasteiger partial charge in [0.2, 0.25) is 0 Å². The van der Waals surface area contributed by atoms with Crippen molar-refractivity contribution in [1.82, 2.24) is 0 Å². The number of allylic oxidation sites excluding steroid dienone is 1. The van der Waals surface area contributed by atoms with Crippen LogP contribution in [0.3, 0.4) is 0 Å². The fourth-order valence-corrected chi connectivity index (χ4v) is 2.45. The molecular formula is C10H8Br2. The number of halogens is 2. The maximum atomic E-state index is 3.47. The van der Waals surface area contributed by atoms with Crippen LogP contribution >= 0.6 is 31.9 Å². The maximum Gasteiger partial charge on any atom is 0.0642 e. The summed E-state index contributed by atoms with van der Waals surface area (Å²) in [6.07, 6.45) is 2.32. The molecule has 1 aliphatic carbocycles.